The number of rotatable bonds is 3. The van der Waals surface area contributed by atoms with Crippen LogP contribution in [0.5, 0.6) is 0 Å². The average Bonchev–Trinajstić information content (AvgIpc) is 2.67. The van der Waals surface area contributed by atoms with Crippen molar-refractivity contribution in [1.29, 1.82) is 0 Å². The summed E-state index contributed by atoms with van der Waals surface area (Å²) in [5.74, 6) is -0.333. The highest BCUT2D eigenvalue weighted by Crippen LogP contribution is 2.35. The Labute approximate surface area is 109 Å². The Balaban J connectivity index is 1.78. The maximum absolute atomic E-state index is 12.2. The fourth-order valence-corrected chi connectivity index (χ4v) is 2.84. The third kappa shape index (κ3) is 3.23. The van der Waals surface area contributed by atoms with Crippen LogP contribution in [0.3, 0.4) is 0 Å². The van der Waals surface area contributed by atoms with Crippen LogP contribution in [0.4, 0.5) is 0 Å². The van der Waals surface area contributed by atoms with Gasteiger partial charge in [0.05, 0.1) is 6.61 Å². The lowest BCUT2D eigenvalue weighted by Crippen LogP contribution is -2.43. The molecule has 1 aliphatic heterocycles. The maximum atomic E-state index is 12.2. The molecule has 0 aromatic heterocycles. The molecule has 2 fully saturated rings. The van der Waals surface area contributed by atoms with Crippen molar-refractivity contribution in [3.05, 3.63) is 0 Å². The Bertz CT molecular complexity index is 308. The SMILES string of the molecule is CC1(C)OCC(CNC(=O)C2(C)CCCCC2)O1. The third-order valence-electron chi connectivity index (χ3n) is 4.06. The summed E-state index contributed by atoms with van der Waals surface area (Å²) in [4.78, 5) is 12.2. The Morgan fingerprint density at radius 2 is 1.89 bits per heavy atom. The topological polar surface area (TPSA) is 47.6 Å². The van der Waals surface area contributed by atoms with Gasteiger partial charge in [-0.05, 0) is 26.7 Å². The van der Waals surface area contributed by atoms with E-state index in [0.29, 0.717) is 13.2 Å². The molecule has 1 saturated heterocycles. The zero-order valence-electron chi connectivity index (χ0n) is 11.8. The Morgan fingerprint density at radius 1 is 1.22 bits per heavy atom. The number of hydrogen-bond acceptors (Lipinski definition) is 3. The van der Waals surface area contributed by atoms with Gasteiger partial charge >= 0.3 is 0 Å². The van der Waals surface area contributed by atoms with Crippen molar-refractivity contribution in [1.82, 2.24) is 5.32 Å². The van der Waals surface area contributed by atoms with Crippen molar-refractivity contribution < 1.29 is 14.3 Å². The number of carbonyl (C=O) groups excluding carboxylic acids is 1. The van der Waals surface area contributed by atoms with Crippen LogP contribution in [-0.4, -0.2) is 30.9 Å². The molecule has 1 amide bonds. The van der Waals surface area contributed by atoms with Crippen LogP contribution in [0.2, 0.25) is 0 Å². The molecule has 2 aliphatic rings. The zero-order valence-corrected chi connectivity index (χ0v) is 11.8. The molecule has 1 unspecified atom stereocenters. The molecule has 1 saturated carbocycles. The first-order chi connectivity index (χ1) is 8.41. The number of nitrogens with one attached hydrogen (secondary N) is 1. The molecule has 4 heteroatoms. The molecule has 18 heavy (non-hydrogen) atoms. The first-order valence-corrected chi connectivity index (χ1v) is 7.01. The second-order valence-electron chi connectivity index (χ2n) is 6.28. The Hall–Kier alpha value is -0.610. The minimum Gasteiger partial charge on any atom is -0.353 e. The van der Waals surface area contributed by atoms with Crippen LogP contribution in [0, 0.1) is 5.41 Å². The van der Waals surface area contributed by atoms with Crippen molar-refractivity contribution in [3.63, 3.8) is 0 Å². The second kappa shape index (κ2) is 5.17. The summed E-state index contributed by atoms with van der Waals surface area (Å²) < 4.78 is 11.2. The quantitative estimate of drug-likeness (QED) is 0.841. The summed E-state index contributed by atoms with van der Waals surface area (Å²) >= 11 is 0. The summed E-state index contributed by atoms with van der Waals surface area (Å²) in [6, 6.07) is 0. The van der Waals surface area contributed by atoms with Gasteiger partial charge < -0.3 is 14.8 Å². The van der Waals surface area contributed by atoms with Gasteiger partial charge in [-0.25, -0.2) is 0 Å². The fraction of sp³-hybridized carbons (Fsp3) is 0.929. The van der Waals surface area contributed by atoms with E-state index in [4.69, 9.17) is 9.47 Å². The fourth-order valence-electron chi connectivity index (χ4n) is 2.84. The number of amides is 1. The first-order valence-electron chi connectivity index (χ1n) is 7.01. The van der Waals surface area contributed by atoms with Gasteiger partial charge in [-0.2, -0.15) is 0 Å². The Morgan fingerprint density at radius 3 is 2.44 bits per heavy atom. The summed E-state index contributed by atoms with van der Waals surface area (Å²) in [7, 11) is 0. The highest BCUT2D eigenvalue weighted by atomic mass is 16.7. The van der Waals surface area contributed by atoms with Crippen molar-refractivity contribution in [3.8, 4) is 0 Å². The van der Waals surface area contributed by atoms with Gasteiger partial charge in [-0.15, -0.1) is 0 Å². The average molecular weight is 255 g/mol. The van der Waals surface area contributed by atoms with E-state index >= 15 is 0 Å². The van der Waals surface area contributed by atoms with E-state index in [9.17, 15) is 4.79 Å². The van der Waals surface area contributed by atoms with Gasteiger partial charge in [0, 0.05) is 12.0 Å². The second-order valence-corrected chi connectivity index (χ2v) is 6.28. The molecule has 2 rings (SSSR count). The molecule has 4 nitrogen and oxygen atoms in total. The predicted molar refractivity (Wildman–Crippen MR) is 69.1 cm³/mol. The lowest BCUT2D eigenvalue weighted by Gasteiger charge is -2.32. The van der Waals surface area contributed by atoms with Gasteiger partial charge in [-0.3, -0.25) is 4.79 Å². The van der Waals surface area contributed by atoms with Crippen LogP contribution in [0.15, 0.2) is 0 Å². The molecular formula is C14H25NO3. The minimum atomic E-state index is -0.510. The maximum Gasteiger partial charge on any atom is 0.226 e. The van der Waals surface area contributed by atoms with Crippen LogP contribution < -0.4 is 5.32 Å². The zero-order chi connectivity index (χ0) is 13.2. The monoisotopic (exact) mass is 255 g/mol. The molecule has 1 atom stereocenters. The van der Waals surface area contributed by atoms with E-state index in [1.165, 1.54) is 19.3 Å². The highest BCUT2D eigenvalue weighted by Gasteiger charge is 2.36. The molecule has 0 spiro atoms. The van der Waals surface area contributed by atoms with Crippen molar-refractivity contribution >= 4 is 5.91 Å². The first kappa shape index (κ1) is 13.8. The van der Waals surface area contributed by atoms with Gasteiger partial charge in [0.1, 0.15) is 6.10 Å². The molecule has 104 valence electrons. The number of carbonyl (C=O) groups is 1. The van der Waals surface area contributed by atoms with Gasteiger partial charge in [0.15, 0.2) is 5.79 Å². The molecule has 1 N–H and O–H groups in total. The standard InChI is InChI=1S/C14H25NO3/c1-13(2)17-10-11(18-13)9-15-12(16)14(3)7-5-4-6-8-14/h11H,4-10H2,1-3H3,(H,15,16). The van der Waals surface area contributed by atoms with E-state index in [1.54, 1.807) is 0 Å². The molecular weight excluding hydrogens is 230 g/mol. The summed E-state index contributed by atoms with van der Waals surface area (Å²) in [6.07, 6.45) is 5.59. The number of hydrogen-bond donors (Lipinski definition) is 1. The molecule has 1 aliphatic carbocycles. The van der Waals surface area contributed by atoms with Crippen molar-refractivity contribution in [2.24, 2.45) is 5.41 Å². The number of ether oxygens (including phenoxy) is 2. The highest BCUT2D eigenvalue weighted by molar-refractivity contribution is 5.82. The van der Waals surface area contributed by atoms with E-state index in [2.05, 4.69) is 12.2 Å². The lowest BCUT2D eigenvalue weighted by molar-refractivity contribution is -0.141. The van der Waals surface area contributed by atoms with Gasteiger partial charge in [0.25, 0.3) is 0 Å². The van der Waals surface area contributed by atoms with Crippen LogP contribution >= 0.6 is 0 Å². The largest absolute Gasteiger partial charge is 0.353 e. The molecule has 1 heterocycles. The minimum absolute atomic E-state index is 0.0175. The van der Waals surface area contributed by atoms with E-state index in [1.807, 2.05) is 13.8 Å². The summed E-state index contributed by atoms with van der Waals surface area (Å²) in [5, 5.41) is 3.03. The van der Waals surface area contributed by atoms with Crippen molar-refractivity contribution in [2.75, 3.05) is 13.2 Å². The summed E-state index contributed by atoms with van der Waals surface area (Å²) in [5.41, 5.74) is -0.173. The molecule has 0 aromatic carbocycles. The molecule has 0 aromatic rings. The molecule has 0 radical (unpaired) electrons. The van der Waals surface area contributed by atoms with Crippen LogP contribution in [0.1, 0.15) is 52.9 Å². The van der Waals surface area contributed by atoms with E-state index in [0.717, 1.165) is 12.8 Å². The van der Waals surface area contributed by atoms with Crippen molar-refractivity contribution in [2.45, 2.75) is 64.8 Å². The van der Waals surface area contributed by atoms with Gasteiger partial charge in [0.2, 0.25) is 5.91 Å². The normalized spacial score (nSPS) is 30.1. The van der Waals surface area contributed by atoms with Crippen LogP contribution in [-0.2, 0) is 14.3 Å². The molecule has 0 bridgehead atoms. The Kier molecular flexibility index (Phi) is 3.97. The van der Waals surface area contributed by atoms with Gasteiger partial charge in [-0.1, -0.05) is 26.2 Å². The van der Waals surface area contributed by atoms with E-state index < -0.39 is 5.79 Å². The van der Waals surface area contributed by atoms with Crippen LogP contribution in [0.25, 0.3) is 0 Å². The lowest BCUT2D eigenvalue weighted by atomic mass is 9.75. The third-order valence-corrected chi connectivity index (χ3v) is 4.06. The smallest absolute Gasteiger partial charge is 0.226 e. The van der Waals surface area contributed by atoms with E-state index in [-0.39, 0.29) is 17.4 Å². The summed E-state index contributed by atoms with van der Waals surface area (Å²) in [6.45, 7) is 6.99. The predicted octanol–water partition coefficient (Wildman–Crippen LogP) is 2.22.